The third-order valence-corrected chi connectivity index (χ3v) is 5.77. The Hall–Kier alpha value is -1.70. The van der Waals surface area contributed by atoms with Crippen molar-refractivity contribution in [1.82, 2.24) is 9.97 Å². The third-order valence-electron chi connectivity index (χ3n) is 2.82. The Morgan fingerprint density at radius 3 is 2.76 bits per heavy atom. The van der Waals surface area contributed by atoms with E-state index in [0.29, 0.717) is 11.2 Å². The van der Waals surface area contributed by atoms with Gasteiger partial charge in [-0.3, -0.25) is 9.71 Å². The number of benzene rings is 1. The van der Waals surface area contributed by atoms with Gasteiger partial charge in [-0.25, -0.2) is 13.4 Å². The second-order valence-corrected chi connectivity index (χ2v) is 7.89. The zero-order valence-corrected chi connectivity index (χ0v) is 13.3. The summed E-state index contributed by atoms with van der Waals surface area (Å²) < 4.78 is 27.4. The molecule has 0 atom stereocenters. The van der Waals surface area contributed by atoms with Gasteiger partial charge in [0.15, 0.2) is 8.68 Å². The van der Waals surface area contributed by atoms with Gasteiger partial charge in [0.05, 0.1) is 17.4 Å². The molecule has 0 saturated carbocycles. The first-order valence-electron chi connectivity index (χ1n) is 5.96. The molecular weight excluding hydrogens is 330 g/mol. The molecule has 1 N–H and O–H groups in total. The molecule has 0 unspecified atom stereocenters. The van der Waals surface area contributed by atoms with Crippen LogP contribution in [0.25, 0.3) is 10.9 Å². The van der Waals surface area contributed by atoms with Crippen LogP contribution in [0.1, 0.15) is 5.69 Å². The van der Waals surface area contributed by atoms with E-state index >= 15 is 0 Å². The molecule has 0 spiro atoms. The number of nitrogens with zero attached hydrogens (tertiary/aromatic N) is 2. The SMILES string of the molecule is Cc1ccc2cccc(NS(=O)(=O)c3cnc(Cl)s3)c2n1. The molecule has 0 fully saturated rings. The van der Waals surface area contributed by atoms with Crippen molar-refractivity contribution in [3.8, 4) is 0 Å². The van der Waals surface area contributed by atoms with Gasteiger partial charge in [0, 0.05) is 11.1 Å². The van der Waals surface area contributed by atoms with Crippen molar-refractivity contribution in [3.05, 3.63) is 46.7 Å². The topological polar surface area (TPSA) is 72.0 Å². The minimum Gasteiger partial charge on any atom is -0.277 e. The van der Waals surface area contributed by atoms with Crippen LogP contribution < -0.4 is 4.72 Å². The van der Waals surface area contributed by atoms with E-state index in [0.717, 1.165) is 22.4 Å². The van der Waals surface area contributed by atoms with Crippen molar-refractivity contribution in [2.24, 2.45) is 0 Å². The summed E-state index contributed by atoms with van der Waals surface area (Å²) in [6, 6.07) is 9.11. The van der Waals surface area contributed by atoms with Crippen LogP contribution in [0, 0.1) is 6.92 Å². The molecular formula is C13H10ClN3O2S2. The first-order chi connectivity index (χ1) is 9.95. The number of pyridine rings is 1. The summed E-state index contributed by atoms with van der Waals surface area (Å²) in [6.45, 7) is 1.85. The molecule has 0 bridgehead atoms. The molecule has 5 nitrogen and oxygen atoms in total. The predicted octanol–water partition coefficient (Wildman–Crippen LogP) is 3.45. The number of aromatic nitrogens is 2. The maximum atomic E-state index is 12.3. The monoisotopic (exact) mass is 339 g/mol. The number of halogens is 1. The van der Waals surface area contributed by atoms with E-state index in [2.05, 4.69) is 14.7 Å². The number of para-hydroxylation sites is 1. The maximum absolute atomic E-state index is 12.3. The molecule has 0 aliphatic heterocycles. The van der Waals surface area contributed by atoms with Crippen LogP contribution in [0.15, 0.2) is 40.7 Å². The number of anilines is 1. The number of rotatable bonds is 3. The van der Waals surface area contributed by atoms with Crippen LogP contribution in [0.2, 0.25) is 4.47 Å². The van der Waals surface area contributed by atoms with Crippen molar-refractivity contribution in [2.75, 3.05) is 4.72 Å². The molecule has 108 valence electrons. The Bertz CT molecular complexity index is 922. The Balaban J connectivity index is 2.08. The van der Waals surface area contributed by atoms with Crippen molar-refractivity contribution in [2.45, 2.75) is 11.1 Å². The van der Waals surface area contributed by atoms with E-state index < -0.39 is 10.0 Å². The summed E-state index contributed by atoms with van der Waals surface area (Å²) in [5, 5.41) is 0.864. The fourth-order valence-corrected chi connectivity index (χ4v) is 4.24. The zero-order valence-electron chi connectivity index (χ0n) is 10.9. The first kappa shape index (κ1) is 14.2. The lowest BCUT2D eigenvalue weighted by Gasteiger charge is -2.09. The number of nitrogens with one attached hydrogen (secondary N) is 1. The molecule has 2 heterocycles. The normalized spacial score (nSPS) is 11.7. The number of hydrogen-bond acceptors (Lipinski definition) is 5. The quantitative estimate of drug-likeness (QED) is 0.793. The second kappa shape index (κ2) is 5.25. The van der Waals surface area contributed by atoms with Gasteiger partial charge in [-0.15, -0.1) is 0 Å². The Kier molecular flexibility index (Phi) is 3.56. The number of fused-ring (bicyclic) bond motifs is 1. The highest BCUT2D eigenvalue weighted by atomic mass is 35.5. The lowest BCUT2D eigenvalue weighted by atomic mass is 10.2. The highest BCUT2D eigenvalue weighted by molar-refractivity contribution is 7.94. The number of sulfonamides is 1. The molecule has 8 heteroatoms. The van der Waals surface area contributed by atoms with Gasteiger partial charge >= 0.3 is 0 Å². The largest absolute Gasteiger partial charge is 0.277 e. The molecule has 0 aliphatic rings. The zero-order chi connectivity index (χ0) is 15.0. The average molecular weight is 340 g/mol. The van der Waals surface area contributed by atoms with Gasteiger partial charge < -0.3 is 0 Å². The molecule has 0 radical (unpaired) electrons. The van der Waals surface area contributed by atoms with Crippen molar-refractivity contribution in [3.63, 3.8) is 0 Å². The summed E-state index contributed by atoms with van der Waals surface area (Å²) in [4.78, 5) is 8.14. The van der Waals surface area contributed by atoms with Crippen molar-refractivity contribution in [1.29, 1.82) is 0 Å². The summed E-state index contributed by atoms with van der Waals surface area (Å²) in [7, 11) is -3.72. The lowest BCUT2D eigenvalue weighted by molar-refractivity contribution is 0.603. The van der Waals surface area contributed by atoms with Crippen LogP contribution in [-0.2, 0) is 10.0 Å². The van der Waals surface area contributed by atoms with E-state index in [1.54, 1.807) is 12.1 Å². The first-order valence-corrected chi connectivity index (χ1v) is 8.64. The fraction of sp³-hybridized carbons (Fsp3) is 0.0769. The Morgan fingerprint density at radius 1 is 1.24 bits per heavy atom. The Morgan fingerprint density at radius 2 is 2.05 bits per heavy atom. The molecule has 3 rings (SSSR count). The molecule has 2 aromatic heterocycles. The van der Waals surface area contributed by atoms with E-state index in [4.69, 9.17) is 11.6 Å². The molecule has 1 aromatic carbocycles. The van der Waals surface area contributed by atoms with Gasteiger partial charge in [-0.2, -0.15) is 0 Å². The molecule has 0 amide bonds. The van der Waals surface area contributed by atoms with Crippen molar-refractivity contribution >= 4 is 49.6 Å². The lowest BCUT2D eigenvalue weighted by Crippen LogP contribution is -2.12. The standard InChI is InChI=1S/C13H10ClN3O2S2/c1-8-5-6-9-3-2-4-10(12(9)16-8)17-21(18,19)11-7-15-13(14)20-11/h2-7,17H,1H3. The van der Waals surface area contributed by atoms with Crippen LogP contribution >= 0.6 is 22.9 Å². The minimum atomic E-state index is -3.72. The third kappa shape index (κ3) is 2.85. The highest BCUT2D eigenvalue weighted by Gasteiger charge is 2.19. The molecule has 0 aliphatic carbocycles. The van der Waals surface area contributed by atoms with Gasteiger partial charge in [-0.05, 0) is 19.1 Å². The van der Waals surface area contributed by atoms with Crippen LogP contribution in [-0.4, -0.2) is 18.4 Å². The summed E-state index contributed by atoms with van der Waals surface area (Å²) in [5.41, 5.74) is 1.85. The molecule has 3 aromatic rings. The van der Waals surface area contributed by atoms with E-state index in [1.807, 2.05) is 25.1 Å². The van der Waals surface area contributed by atoms with Crippen molar-refractivity contribution < 1.29 is 8.42 Å². The predicted molar refractivity (Wildman–Crippen MR) is 84.4 cm³/mol. The van der Waals surface area contributed by atoms with Crippen LogP contribution in [0.4, 0.5) is 5.69 Å². The van der Waals surface area contributed by atoms with E-state index in [9.17, 15) is 8.42 Å². The van der Waals surface area contributed by atoms with Crippen LogP contribution in [0.3, 0.4) is 0 Å². The summed E-state index contributed by atoms with van der Waals surface area (Å²) in [6.07, 6.45) is 1.24. The number of aryl methyl sites for hydroxylation is 1. The number of hydrogen-bond donors (Lipinski definition) is 1. The van der Waals surface area contributed by atoms with Gasteiger partial charge in [0.2, 0.25) is 0 Å². The summed E-state index contributed by atoms with van der Waals surface area (Å²) in [5.74, 6) is 0. The second-order valence-electron chi connectivity index (χ2n) is 4.37. The number of thiazole rings is 1. The van der Waals surface area contributed by atoms with Crippen LogP contribution in [0.5, 0.6) is 0 Å². The van der Waals surface area contributed by atoms with E-state index in [-0.39, 0.29) is 8.68 Å². The highest BCUT2D eigenvalue weighted by Crippen LogP contribution is 2.27. The van der Waals surface area contributed by atoms with Gasteiger partial charge in [0.1, 0.15) is 0 Å². The van der Waals surface area contributed by atoms with E-state index in [1.165, 1.54) is 6.20 Å². The summed E-state index contributed by atoms with van der Waals surface area (Å²) >= 11 is 6.59. The average Bonchev–Trinajstić information content (AvgIpc) is 2.87. The smallest absolute Gasteiger partial charge is 0.273 e. The Labute approximate surface area is 130 Å². The minimum absolute atomic E-state index is 0.0668. The fourth-order valence-electron chi connectivity index (χ4n) is 1.89. The molecule has 0 saturated heterocycles. The van der Waals surface area contributed by atoms with Gasteiger partial charge in [0.25, 0.3) is 10.0 Å². The maximum Gasteiger partial charge on any atom is 0.273 e. The molecule has 21 heavy (non-hydrogen) atoms. The van der Waals surface area contributed by atoms with Gasteiger partial charge in [-0.1, -0.05) is 41.1 Å².